The molecule has 0 spiro atoms. The average Bonchev–Trinajstić information content (AvgIpc) is 3.31. The number of morpholine rings is 1. The van der Waals surface area contributed by atoms with Gasteiger partial charge in [0.1, 0.15) is 17.7 Å². The Bertz CT molecular complexity index is 1270. The maximum Gasteiger partial charge on any atom is 0.256 e. The van der Waals surface area contributed by atoms with E-state index in [4.69, 9.17) is 22.1 Å². The number of hydrogen-bond donors (Lipinski definition) is 1. The summed E-state index contributed by atoms with van der Waals surface area (Å²) in [6, 6.07) is 13.7. The number of hydrogen-bond acceptors (Lipinski definition) is 5. The van der Waals surface area contributed by atoms with Crippen molar-refractivity contribution in [3.8, 4) is 0 Å². The number of benzene rings is 2. The Morgan fingerprint density at radius 2 is 1.89 bits per heavy atom. The molecule has 0 bridgehead atoms. The summed E-state index contributed by atoms with van der Waals surface area (Å²) < 4.78 is 20.1. The molecule has 2 aromatic carbocycles. The lowest BCUT2D eigenvalue weighted by Gasteiger charge is -2.36. The van der Waals surface area contributed by atoms with Gasteiger partial charge in [-0.3, -0.25) is 9.59 Å². The molecule has 0 unspecified atom stereocenters. The van der Waals surface area contributed by atoms with E-state index >= 15 is 0 Å². The molecule has 186 valence electrons. The highest BCUT2D eigenvalue weighted by Crippen LogP contribution is 2.43. The van der Waals surface area contributed by atoms with Crippen LogP contribution in [0.4, 0.5) is 10.2 Å². The highest BCUT2D eigenvalue weighted by Gasteiger charge is 2.40. The van der Waals surface area contributed by atoms with Gasteiger partial charge in [-0.2, -0.15) is 0 Å². The molecule has 5 rings (SSSR count). The molecule has 36 heavy (non-hydrogen) atoms. The maximum absolute atomic E-state index is 14.7. The maximum atomic E-state index is 14.7. The van der Waals surface area contributed by atoms with Crippen LogP contribution < -0.4 is 10.6 Å². The van der Waals surface area contributed by atoms with Crippen molar-refractivity contribution in [2.24, 2.45) is 5.73 Å². The molecule has 3 aromatic rings. The van der Waals surface area contributed by atoms with Crippen molar-refractivity contribution in [2.45, 2.75) is 24.9 Å². The van der Waals surface area contributed by atoms with E-state index in [0.717, 1.165) is 18.9 Å². The zero-order valence-electron chi connectivity index (χ0n) is 19.6. The first-order valence-corrected chi connectivity index (χ1v) is 12.3. The minimum atomic E-state index is -1.06. The normalized spacial score (nSPS) is 17.9. The highest BCUT2D eigenvalue weighted by atomic mass is 35.5. The van der Waals surface area contributed by atoms with Crippen LogP contribution in [-0.4, -0.2) is 48.0 Å². The molecule has 2 atom stereocenters. The molecule has 7 nitrogen and oxygen atoms in total. The van der Waals surface area contributed by atoms with E-state index in [0.29, 0.717) is 48.3 Å². The first-order valence-electron chi connectivity index (χ1n) is 11.9. The molecule has 1 fully saturated rings. The van der Waals surface area contributed by atoms with Crippen LogP contribution >= 0.6 is 11.6 Å². The second-order valence-electron chi connectivity index (χ2n) is 8.94. The van der Waals surface area contributed by atoms with Crippen molar-refractivity contribution < 1.29 is 18.7 Å². The molecule has 0 radical (unpaired) electrons. The van der Waals surface area contributed by atoms with E-state index in [1.807, 2.05) is 6.07 Å². The summed E-state index contributed by atoms with van der Waals surface area (Å²) in [5.41, 5.74) is 7.86. The van der Waals surface area contributed by atoms with E-state index < -0.39 is 29.7 Å². The quantitative estimate of drug-likeness (QED) is 0.542. The first kappa shape index (κ1) is 24.2. The van der Waals surface area contributed by atoms with Gasteiger partial charge in [0.25, 0.3) is 5.91 Å². The molecular weight excluding hydrogens is 483 g/mol. The van der Waals surface area contributed by atoms with E-state index in [-0.39, 0.29) is 5.02 Å². The lowest BCUT2D eigenvalue weighted by Crippen LogP contribution is -2.43. The molecule has 2 aliphatic rings. The van der Waals surface area contributed by atoms with Crippen LogP contribution in [0.3, 0.4) is 0 Å². The third-order valence-electron chi connectivity index (χ3n) is 6.78. The third kappa shape index (κ3) is 4.66. The smallest absolute Gasteiger partial charge is 0.256 e. The molecule has 1 aliphatic carbocycles. The Labute approximate surface area is 213 Å². The summed E-state index contributed by atoms with van der Waals surface area (Å²) in [6.07, 6.45) is 2.37. The van der Waals surface area contributed by atoms with Gasteiger partial charge >= 0.3 is 0 Å². The summed E-state index contributed by atoms with van der Waals surface area (Å²) >= 11 is 6.19. The van der Waals surface area contributed by atoms with Crippen molar-refractivity contribution in [1.82, 2.24) is 9.88 Å². The Morgan fingerprint density at radius 1 is 1.14 bits per heavy atom. The van der Waals surface area contributed by atoms with Crippen LogP contribution in [0.2, 0.25) is 5.02 Å². The van der Waals surface area contributed by atoms with Gasteiger partial charge in [-0.15, -0.1) is 0 Å². The fourth-order valence-electron chi connectivity index (χ4n) is 5.09. The SMILES string of the molecule is NC(=O)[C@@H](c1ccccc1)N(C(=O)c1ccc(N2CCOCC2)nc1)[C@@H]1CCc2c(F)cc(Cl)cc21. The highest BCUT2D eigenvalue weighted by molar-refractivity contribution is 6.30. The number of halogens is 2. The minimum absolute atomic E-state index is 0.234. The molecule has 2 heterocycles. The lowest BCUT2D eigenvalue weighted by atomic mass is 9.98. The number of carbonyl (C=O) groups excluding carboxylic acids is 2. The molecule has 2 amide bonds. The molecule has 2 N–H and O–H groups in total. The topological polar surface area (TPSA) is 88.8 Å². The zero-order valence-corrected chi connectivity index (χ0v) is 20.3. The largest absolute Gasteiger partial charge is 0.378 e. The van der Waals surface area contributed by atoms with Crippen LogP contribution in [0.1, 0.15) is 45.6 Å². The van der Waals surface area contributed by atoms with E-state index in [9.17, 15) is 14.0 Å². The predicted octanol–water partition coefficient (Wildman–Crippen LogP) is 4.07. The fraction of sp³-hybridized carbons (Fsp3) is 0.296. The number of nitrogens with zero attached hydrogens (tertiary/aromatic N) is 3. The number of primary amides is 1. The van der Waals surface area contributed by atoms with Crippen LogP contribution in [0.25, 0.3) is 0 Å². The molecule has 9 heteroatoms. The first-order chi connectivity index (χ1) is 17.4. The van der Waals surface area contributed by atoms with Crippen molar-refractivity contribution in [3.63, 3.8) is 0 Å². The van der Waals surface area contributed by atoms with Gasteiger partial charge < -0.3 is 20.3 Å². The molecule has 1 saturated heterocycles. The zero-order chi connectivity index (χ0) is 25.2. The number of carbonyl (C=O) groups is 2. The van der Waals surface area contributed by atoms with Crippen molar-refractivity contribution >= 4 is 29.2 Å². The summed E-state index contributed by atoms with van der Waals surface area (Å²) in [5, 5.41) is 0.234. The number of ether oxygens (including phenoxy) is 1. The number of pyridine rings is 1. The van der Waals surface area contributed by atoms with Gasteiger partial charge in [0.05, 0.1) is 24.8 Å². The molecule has 1 aliphatic heterocycles. The third-order valence-corrected chi connectivity index (χ3v) is 7.00. The Hall–Kier alpha value is -3.49. The molecule has 1 aromatic heterocycles. The Kier molecular flexibility index (Phi) is 6.89. The van der Waals surface area contributed by atoms with Crippen molar-refractivity contribution in [1.29, 1.82) is 0 Å². The summed E-state index contributed by atoms with van der Waals surface area (Å²) in [5.74, 6) is -0.763. The number of aromatic nitrogens is 1. The van der Waals surface area contributed by atoms with E-state index in [2.05, 4.69) is 9.88 Å². The van der Waals surface area contributed by atoms with Crippen LogP contribution in [0, 0.1) is 5.82 Å². The number of amides is 2. The van der Waals surface area contributed by atoms with Gasteiger partial charge in [-0.1, -0.05) is 41.9 Å². The van der Waals surface area contributed by atoms with Crippen LogP contribution in [0.5, 0.6) is 0 Å². The standard InChI is InChI=1S/C27H26ClFN4O3/c28-19-14-21-20(22(29)15-19)7-8-23(21)33(25(26(30)34)17-4-2-1-3-5-17)27(35)18-6-9-24(31-16-18)32-10-12-36-13-11-32/h1-6,9,14-16,23,25H,7-8,10-13H2,(H2,30,34)/t23-,25-/m1/s1. The van der Waals surface area contributed by atoms with E-state index in [1.165, 1.54) is 17.2 Å². The summed E-state index contributed by atoms with van der Waals surface area (Å²) in [6.45, 7) is 2.67. The van der Waals surface area contributed by atoms with Crippen LogP contribution in [-0.2, 0) is 16.0 Å². The number of nitrogens with two attached hydrogens (primary N) is 1. The van der Waals surface area contributed by atoms with Gasteiger partial charge in [0.2, 0.25) is 5.91 Å². The fourth-order valence-corrected chi connectivity index (χ4v) is 5.30. The van der Waals surface area contributed by atoms with Crippen molar-refractivity contribution in [3.05, 3.63) is 93.9 Å². The molecular formula is C27H26ClFN4O3. The van der Waals surface area contributed by atoms with E-state index in [1.54, 1.807) is 42.5 Å². The minimum Gasteiger partial charge on any atom is -0.378 e. The van der Waals surface area contributed by atoms with Gasteiger partial charge in [-0.05, 0) is 53.8 Å². The lowest BCUT2D eigenvalue weighted by molar-refractivity contribution is -0.123. The van der Waals surface area contributed by atoms with Crippen molar-refractivity contribution in [2.75, 3.05) is 31.2 Å². The number of rotatable bonds is 6. The second kappa shape index (κ2) is 10.2. The summed E-state index contributed by atoms with van der Waals surface area (Å²) in [7, 11) is 0. The average molecular weight is 509 g/mol. The van der Waals surface area contributed by atoms with Gasteiger partial charge in [0, 0.05) is 24.3 Å². The summed E-state index contributed by atoms with van der Waals surface area (Å²) in [4.78, 5) is 34.9. The predicted molar refractivity (Wildman–Crippen MR) is 134 cm³/mol. The van der Waals surface area contributed by atoms with Gasteiger partial charge in [0.15, 0.2) is 0 Å². The number of anilines is 1. The Balaban J connectivity index is 1.56. The number of fused-ring (bicyclic) bond motifs is 1. The monoisotopic (exact) mass is 508 g/mol. The van der Waals surface area contributed by atoms with Crippen LogP contribution in [0.15, 0.2) is 60.8 Å². The molecule has 0 saturated carbocycles. The van der Waals surface area contributed by atoms with Gasteiger partial charge in [-0.25, -0.2) is 9.37 Å². The Morgan fingerprint density at radius 3 is 2.56 bits per heavy atom. The second-order valence-corrected chi connectivity index (χ2v) is 9.38.